The lowest BCUT2D eigenvalue weighted by atomic mass is 10.2. The number of hydrogen-bond donors (Lipinski definition) is 1. The average molecular weight is 238 g/mol. The molecule has 1 aliphatic carbocycles. The molecular formula is C11H18N4O2. The summed E-state index contributed by atoms with van der Waals surface area (Å²) in [6.07, 6.45) is 6.41. The monoisotopic (exact) mass is 238 g/mol. The summed E-state index contributed by atoms with van der Waals surface area (Å²) >= 11 is 0. The van der Waals surface area contributed by atoms with Gasteiger partial charge in [-0.05, 0) is 12.8 Å². The second-order valence-electron chi connectivity index (χ2n) is 4.62. The van der Waals surface area contributed by atoms with E-state index in [1.165, 1.54) is 12.8 Å². The van der Waals surface area contributed by atoms with Gasteiger partial charge in [0.15, 0.2) is 0 Å². The lowest BCUT2D eigenvalue weighted by molar-refractivity contribution is -0.139. The van der Waals surface area contributed by atoms with Crippen molar-refractivity contribution in [1.29, 1.82) is 0 Å². The van der Waals surface area contributed by atoms with Gasteiger partial charge in [0.1, 0.15) is 0 Å². The SMILES string of the molecule is Cn1cc(CN(CC(=O)O)C2CCCC2)nn1. The van der Waals surface area contributed by atoms with Crippen molar-refractivity contribution in [2.45, 2.75) is 38.3 Å². The minimum atomic E-state index is -0.777. The summed E-state index contributed by atoms with van der Waals surface area (Å²) in [5.74, 6) is -0.777. The van der Waals surface area contributed by atoms with Crippen LogP contribution in [0.1, 0.15) is 31.4 Å². The minimum absolute atomic E-state index is 0.0846. The van der Waals surface area contributed by atoms with E-state index in [1.807, 2.05) is 18.1 Å². The molecule has 2 rings (SSSR count). The average Bonchev–Trinajstić information content (AvgIpc) is 2.87. The van der Waals surface area contributed by atoms with Crippen LogP contribution in [0.2, 0.25) is 0 Å². The number of aryl methyl sites for hydroxylation is 1. The van der Waals surface area contributed by atoms with Crippen LogP contribution in [0.4, 0.5) is 0 Å². The molecule has 1 N–H and O–H groups in total. The molecule has 1 aromatic rings. The number of aromatic nitrogens is 3. The highest BCUT2D eigenvalue weighted by Gasteiger charge is 2.24. The van der Waals surface area contributed by atoms with E-state index >= 15 is 0 Å². The van der Waals surface area contributed by atoms with E-state index in [9.17, 15) is 4.79 Å². The maximum atomic E-state index is 10.9. The van der Waals surface area contributed by atoms with Crippen molar-refractivity contribution in [2.24, 2.45) is 7.05 Å². The van der Waals surface area contributed by atoms with Gasteiger partial charge in [-0.2, -0.15) is 0 Å². The topological polar surface area (TPSA) is 71.2 Å². The van der Waals surface area contributed by atoms with Crippen LogP contribution >= 0.6 is 0 Å². The fraction of sp³-hybridized carbons (Fsp3) is 0.727. The van der Waals surface area contributed by atoms with E-state index in [4.69, 9.17) is 5.11 Å². The number of carbonyl (C=O) groups is 1. The summed E-state index contributed by atoms with van der Waals surface area (Å²) < 4.78 is 1.64. The molecule has 1 saturated carbocycles. The Labute approximate surface area is 100 Å². The molecule has 1 aromatic heterocycles. The van der Waals surface area contributed by atoms with Gasteiger partial charge in [0.2, 0.25) is 0 Å². The number of carboxylic acid groups (broad SMARTS) is 1. The maximum absolute atomic E-state index is 10.9. The van der Waals surface area contributed by atoms with Crippen LogP contribution in [0.25, 0.3) is 0 Å². The van der Waals surface area contributed by atoms with Crippen molar-refractivity contribution in [1.82, 2.24) is 19.9 Å². The molecule has 1 fully saturated rings. The summed E-state index contributed by atoms with van der Waals surface area (Å²) in [7, 11) is 1.81. The Balaban J connectivity index is 2.01. The van der Waals surface area contributed by atoms with Gasteiger partial charge in [-0.1, -0.05) is 18.1 Å². The van der Waals surface area contributed by atoms with Gasteiger partial charge in [0.05, 0.1) is 12.2 Å². The van der Waals surface area contributed by atoms with Crippen molar-refractivity contribution in [2.75, 3.05) is 6.54 Å². The third-order valence-electron chi connectivity index (χ3n) is 3.19. The first kappa shape index (κ1) is 12.0. The van der Waals surface area contributed by atoms with Crippen LogP contribution in [0.15, 0.2) is 6.20 Å². The van der Waals surface area contributed by atoms with Crippen molar-refractivity contribution in [3.05, 3.63) is 11.9 Å². The van der Waals surface area contributed by atoms with Crippen molar-refractivity contribution in [3.63, 3.8) is 0 Å². The standard InChI is InChI=1S/C11H18N4O2/c1-14-6-9(12-13-14)7-15(8-11(16)17)10-4-2-3-5-10/h6,10H,2-5,7-8H2,1H3,(H,16,17). The first-order valence-corrected chi connectivity index (χ1v) is 5.96. The summed E-state index contributed by atoms with van der Waals surface area (Å²) in [6, 6.07) is 0.383. The number of aliphatic carboxylic acids is 1. The summed E-state index contributed by atoms with van der Waals surface area (Å²) in [6.45, 7) is 0.659. The highest BCUT2D eigenvalue weighted by atomic mass is 16.4. The molecular weight excluding hydrogens is 220 g/mol. The number of rotatable bonds is 5. The van der Waals surface area contributed by atoms with Crippen molar-refractivity contribution >= 4 is 5.97 Å². The Bertz CT molecular complexity index is 385. The van der Waals surface area contributed by atoms with Gasteiger partial charge < -0.3 is 5.11 Å². The molecule has 0 saturated heterocycles. The third-order valence-corrected chi connectivity index (χ3v) is 3.19. The molecule has 0 aliphatic heterocycles. The first-order valence-electron chi connectivity index (χ1n) is 5.96. The molecule has 6 heteroatoms. The zero-order valence-electron chi connectivity index (χ0n) is 10.0. The zero-order valence-corrected chi connectivity index (χ0v) is 10.0. The van der Waals surface area contributed by atoms with Gasteiger partial charge in [-0.3, -0.25) is 14.4 Å². The Morgan fingerprint density at radius 3 is 2.82 bits per heavy atom. The van der Waals surface area contributed by atoms with Crippen LogP contribution < -0.4 is 0 Å². The normalized spacial score (nSPS) is 16.8. The molecule has 0 spiro atoms. The van der Waals surface area contributed by atoms with Gasteiger partial charge in [-0.25, -0.2) is 0 Å². The molecule has 1 aliphatic rings. The molecule has 6 nitrogen and oxygen atoms in total. The molecule has 0 atom stereocenters. The molecule has 1 heterocycles. The minimum Gasteiger partial charge on any atom is -0.480 e. The highest BCUT2D eigenvalue weighted by molar-refractivity contribution is 5.69. The Kier molecular flexibility index (Phi) is 3.73. The molecule has 0 unspecified atom stereocenters. The second kappa shape index (κ2) is 5.27. The van der Waals surface area contributed by atoms with Crippen LogP contribution in [-0.2, 0) is 18.4 Å². The predicted molar refractivity (Wildman–Crippen MR) is 61.3 cm³/mol. The third kappa shape index (κ3) is 3.26. The fourth-order valence-corrected chi connectivity index (χ4v) is 2.43. The maximum Gasteiger partial charge on any atom is 0.317 e. The van der Waals surface area contributed by atoms with Gasteiger partial charge >= 0.3 is 5.97 Å². The van der Waals surface area contributed by atoms with Crippen molar-refractivity contribution < 1.29 is 9.90 Å². The van der Waals surface area contributed by atoms with Gasteiger partial charge in [0, 0.05) is 25.8 Å². The molecule has 94 valence electrons. The predicted octanol–water partition coefficient (Wildman–Crippen LogP) is 0.644. The summed E-state index contributed by atoms with van der Waals surface area (Å²) in [5.41, 5.74) is 0.834. The van der Waals surface area contributed by atoms with E-state index in [0.717, 1.165) is 18.5 Å². The van der Waals surface area contributed by atoms with Crippen molar-refractivity contribution in [3.8, 4) is 0 Å². The molecule has 0 bridgehead atoms. The Morgan fingerprint density at radius 1 is 1.59 bits per heavy atom. The molecule has 0 aromatic carbocycles. The largest absolute Gasteiger partial charge is 0.480 e. The quantitative estimate of drug-likeness (QED) is 0.815. The second-order valence-corrected chi connectivity index (χ2v) is 4.62. The van der Waals surface area contributed by atoms with E-state index in [-0.39, 0.29) is 6.54 Å². The lowest BCUT2D eigenvalue weighted by Gasteiger charge is -2.25. The first-order chi connectivity index (χ1) is 8.15. The molecule has 0 amide bonds. The van der Waals surface area contributed by atoms with Crippen LogP contribution in [-0.4, -0.2) is 43.6 Å². The van der Waals surface area contributed by atoms with E-state index in [1.54, 1.807) is 4.68 Å². The fourth-order valence-electron chi connectivity index (χ4n) is 2.43. The number of hydrogen-bond acceptors (Lipinski definition) is 4. The van der Waals surface area contributed by atoms with Crippen LogP contribution in [0.3, 0.4) is 0 Å². The van der Waals surface area contributed by atoms with Gasteiger partial charge in [-0.15, -0.1) is 5.10 Å². The van der Waals surface area contributed by atoms with E-state index in [0.29, 0.717) is 12.6 Å². The molecule has 17 heavy (non-hydrogen) atoms. The van der Waals surface area contributed by atoms with Crippen LogP contribution in [0.5, 0.6) is 0 Å². The molecule has 0 radical (unpaired) electrons. The summed E-state index contributed by atoms with van der Waals surface area (Å²) in [5, 5.41) is 16.8. The Hall–Kier alpha value is -1.43. The summed E-state index contributed by atoms with van der Waals surface area (Å²) in [4.78, 5) is 12.9. The number of nitrogens with zero attached hydrogens (tertiary/aromatic N) is 4. The lowest BCUT2D eigenvalue weighted by Crippen LogP contribution is -2.37. The highest BCUT2D eigenvalue weighted by Crippen LogP contribution is 2.24. The van der Waals surface area contributed by atoms with E-state index < -0.39 is 5.97 Å². The Morgan fingerprint density at radius 2 is 2.29 bits per heavy atom. The van der Waals surface area contributed by atoms with Gasteiger partial charge in [0.25, 0.3) is 0 Å². The zero-order chi connectivity index (χ0) is 12.3. The van der Waals surface area contributed by atoms with Crippen LogP contribution in [0, 0.1) is 0 Å². The smallest absolute Gasteiger partial charge is 0.317 e. The number of carboxylic acids is 1. The van der Waals surface area contributed by atoms with E-state index in [2.05, 4.69) is 10.3 Å².